The highest BCUT2D eigenvalue weighted by Gasteiger charge is 2.22. The van der Waals surface area contributed by atoms with E-state index in [1.165, 1.54) is 0 Å². The summed E-state index contributed by atoms with van der Waals surface area (Å²) < 4.78 is 18.6. The van der Waals surface area contributed by atoms with Crippen molar-refractivity contribution in [3.63, 3.8) is 0 Å². The third-order valence-electron chi connectivity index (χ3n) is 5.41. The Balaban J connectivity index is 1.82. The van der Waals surface area contributed by atoms with Gasteiger partial charge in [0.15, 0.2) is 17.3 Å². The predicted molar refractivity (Wildman–Crippen MR) is 127 cm³/mol. The Morgan fingerprint density at radius 2 is 1.91 bits per heavy atom. The average molecular weight is 486 g/mol. The second-order valence-corrected chi connectivity index (χ2v) is 8.18. The molecule has 2 aromatic heterocycles. The van der Waals surface area contributed by atoms with Crippen molar-refractivity contribution in [1.82, 2.24) is 9.72 Å². The molecule has 0 fully saturated rings. The van der Waals surface area contributed by atoms with Gasteiger partial charge in [-0.2, -0.15) is 0 Å². The molecule has 4 aromatic rings. The molecule has 33 heavy (non-hydrogen) atoms. The summed E-state index contributed by atoms with van der Waals surface area (Å²) in [6.45, 7) is 2.20. The molecular formula is C24H21Cl2N3O4. The summed E-state index contributed by atoms with van der Waals surface area (Å²) in [5, 5.41) is 5.14. The molecule has 0 saturated heterocycles. The van der Waals surface area contributed by atoms with E-state index < -0.39 is 5.91 Å². The number of para-hydroxylation sites is 1. The van der Waals surface area contributed by atoms with Gasteiger partial charge in [-0.25, -0.2) is 0 Å². The first kappa shape index (κ1) is 22.8. The van der Waals surface area contributed by atoms with E-state index in [1.54, 1.807) is 44.6 Å². The van der Waals surface area contributed by atoms with Crippen LogP contribution in [0.1, 0.15) is 21.6 Å². The zero-order chi connectivity index (χ0) is 23.7. The Morgan fingerprint density at radius 1 is 1.12 bits per heavy atom. The maximum absolute atomic E-state index is 12.1. The van der Waals surface area contributed by atoms with Crippen LogP contribution in [0.25, 0.3) is 22.7 Å². The van der Waals surface area contributed by atoms with E-state index in [4.69, 9.17) is 42.9 Å². The highest BCUT2D eigenvalue weighted by atomic mass is 35.5. The molecule has 170 valence electrons. The molecular weight excluding hydrogens is 465 g/mol. The number of ether oxygens (including phenoxy) is 2. The van der Waals surface area contributed by atoms with Gasteiger partial charge in [0.25, 0.3) is 5.91 Å². The molecule has 2 aromatic carbocycles. The van der Waals surface area contributed by atoms with Gasteiger partial charge in [-0.3, -0.25) is 4.79 Å². The number of rotatable bonds is 7. The van der Waals surface area contributed by atoms with Crippen LogP contribution in [0.3, 0.4) is 0 Å². The Labute approximate surface area is 200 Å². The number of halogens is 2. The molecule has 4 rings (SSSR count). The molecule has 0 aliphatic carbocycles. The summed E-state index contributed by atoms with van der Waals surface area (Å²) >= 11 is 12.3. The first-order chi connectivity index (χ1) is 15.8. The first-order valence-electron chi connectivity index (χ1n) is 9.96. The molecule has 0 radical (unpaired) electrons. The van der Waals surface area contributed by atoms with E-state index in [0.29, 0.717) is 62.1 Å². The van der Waals surface area contributed by atoms with E-state index in [-0.39, 0.29) is 0 Å². The third-order valence-corrected chi connectivity index (χ3v) is 5.96. The van der Waals surface area contributed by atoms with Crippen molar-refractivity contribution >= 4 is 29.1 Å². The van der Waals surface area contributed by atoms with Crippen LogP contribution >= 0.6 is 23.2 Å². The van der Waals surface area contributed by atoms with Crippen LogP contribution in [0.4, 0.5) is 0 Å². The van der Waals surface area contributed by atoms with Gasteiger partial charge < -0.3 is 24.3 Å². The summed E-state index contributed by atoms with van der Waals surface area (Å²) in [5.41, 5.74) is 9.40. The van der Waals surface area contributed by atoms with Crippen molar-refractivity contribution in [3.05, 3.63) is 75.4 Å². The molecule has 0 spiro atoms. The summed E-state index contributed by atoms with van der Waals surface area (Å²) in [7, 11) is 3.16. The number of primary amides is 1. The predicted octanol–water partition coefficient (Wildman–Crippen LogP) is 5.59. The minimum Gasteiger partial charge on any atom is -0.493 e. The van der Waals surface area contributed by atoms with Crippen molar-refractivity contribution in [2.24, 2.45) is 5.73 Å². The van der Waals surface area contributed by atoms with Crippen molar-refractivity contribution in [2.45, 2.75) is 13.5 Å². The Bertz CT molecular complexity index is 1340. The number of nitrogens with two attached hydrogens (primary N) is 1. The molecule has 2 heterocycles. The number of hydrogen-bond donors (Lipinski definition) is 1. The van der Waals surface area contributed by atoms with Crippen molar-refractivity contribution in [1.29, 1.82) is 0 Å². The van der Waals surface area contributed by atoms with Crippen LogP contribution in [0.5, 0.6) is 11.5 Å². The maximum atomic E-state index is 12.1. The van der Waals surface area contributed by atoms with Crippen LogP contribution in [0, 0.1) is 6.92 Å². The SMILES string of the molecule is COc1cccc(Cn2c(-c3cc(-c4ccc(Cl)cc4Cl)no3)cc(C(N)=O)c2C)c1OC. The van der Waals surface area contributed by atoms with Gasteiger partial charge in [-0.05, 0) is 37.3 Å². The summed E-state index contributed by atoms with van der Waals surface area (Å²) in [4.78, 5) is 12.1. The second kappa shape index (κ2) is 9.21. The first-order valence-corrected chi connectivity index (χ1v) is 10.7. The number of nitrogens with zero attached hydrogens (tertiary/aromatic N) is 2. The molecule has 0 atom stereocenters. The zero-order valence-corrected chi connectivity index (χ0v) is 19.7. The number of aromatic nitrogens is 2. The number of carbonyl (C=O) groups is 1. The van der Waals surface area contributed by atoms with Gasteiger partial charge in [-0.15, -0.1) is 0 Å². The van der Waals surface area contributed by atoms with Gasteiger partial charge in [0.1, 0.15) is 5.69 Å². The molecule has 0 aliphatic rings. The summed E-state index contributed by atoms with van der Waals surface area (Å²) in [6, 6.07) is 14.2. The fraction of sp³-hybridized carbons (Fsp3) is 0.167. The molecule has 7 nitrogen and oxygen atoms in total. The van der Waals surface area contributed by atoms with Crippen molar-refractivity contribution in [2.75, 3.05) is 14.2 Å². The molecule has 9 heteroatoms. The number of amides is 1. The average Bonchev–Trinajstić information content (AvgIpc) is 3.39. The Kier molecular flexibility index (Phi) is 6.35. The maximum Gasteiger partial charge on any atom is 0.250 e. The Hall–Kier alpha value is -3.42. The van der Waals surface area contributed by atoms with E-state index in [9.17, 15) is 4.79 Å². The highest BCUT2D eigenvalue weighted by molar-refractivity contribution is 6.36. The normalized spacial score (nSPS) is 10.9. The number of hydrogen-bond acceptors (Lipinski definition) is 5. The smallest absolute Gasteiger partial charge is 0.250 e. The van der Waals surface area contributed by atoms with Gasteiger partial charge in [0.05, 0.1) is 37.0 Å². The number of benzene rings is 2. The minimum absolute atomic E-state index is 0.382. The van der Waals surface area contributed by atoms with Crippen LogP contribution in [-0.4, -0.2) is 29.9 Å². The van der Waals surface area contributed by atoms with Crippen molar-refractivity contribution < 1.29 is 18.8 Å². The molecule has 0 unspecified atom stereocenters. The van der Waals surface area contributed by atoms with Gasteiger partial charge in [0, 0.05) is 27.9 Å². The van der Waals surface area contributed by atoms with Crippen molar-refractivity contribution in [3.8, 4) is 34.2 Å². The van der Waals surface area contributed by atoms with Gasteiger partial charge in [-0.1, -0.05) is 40.5 Å². The van der Waals surface area contributed by atoms with Gasteiger partial charge >= 0.3 is 0 Å². The van der Waals surface area contributed by atoms with Crippen LogP contribution < -0.4 is 15.2 Å². The lowest BCUT2D eigenvalue weighted by molar-refractivity contribution is 0.0999. The fourth-order valence-electron chi connectivity index (χ4n) is 3.77. The third kappa shape index (κ3) is 4.29. The van der Waals surface area contributed by atoms with Crippen LogP contribution in [-0.2, 0) is 6.54 Å². The van der Waals surface area contributed by atoms with Crippen LogP contribution in [0.2, 0.25) is 10.0 Å². The topological polar surface area (TPSA) is 92.5 Å². The lowest BCUT2D eigenvalue weighted by Crippen LogP contribution is -2.13. The standard InChI is InChI=1S/C24H21Cl2N3O4/c1-13-17(24(27)30)10-20(29(13)12-14-5-4-6-21(31-2)23(14)32-3)22-11-19(28-33-22)16-8-7-15(25)9-18(16)26/h4-11H,12H2,1-3H3,(H2,27,30). The summed E-state index contributed by atoms with van der Waals surface area (Å²) in [6.07, 6.45) is 0. The summed E-state index contributed by atoms with van der Waals surface area (Å²) in [5.74, 6) is 1.13. The minimum atomic E-state index is -0.536. The number of carbonyl (C=O) groups excluding carboxylic acids is 1. The van der Waals surface area contributed by atoms with E-state index in [2.05, 4.69) is 5.16 Å². The fourth-order valence-corrected chi connectivity index (χ4v) is 4.28. The lowest BCUT2D eigenvalue weighted by atomic mass is 10.1. The number of methoxy groups -OCH3 is 2. The molecule has 0 bridgehead atoms. The van der Waals surface area contributed by atoms with Gasteiger partial charge in [0.2, 0.25) is 0 Å². The lowest BCUT2D eigenvalue weighted by Gasteiger charge is -2.15. The quantitative estimate of drug-likeness (QED) is 0.368. The highest BCUT2D eigenvalue weighted by Crippen LogP contribution is 2.36. The molecule has 0 saturated carbocycles. The monoisotopic (exact) mass is 485 g/mol. The van der Waals surface area contributed by atoms with Crippen LogP contribution in [0.15, 0.2) is 53.1 Å². The van der Waals surface area contributed by atoms with E-state index in [1.807, 2.05) is 29.7 Å². The molecule has 0 aliphatic heterocycles. The largest absolute Gasteiger partial charge is 0.493 e. The second-order valence-electron chi connectivity index (χ2n) is 7.33. The van der Waals surface area contributed by atoms with E-state index in [0.717, 1.165) is 5.56 Å². The molecule has 1 amide bonds. The Morgan fingerprint density at radius 3 is 2.58 bits per heavy atom. The molecule has 2 N–H and O–H groups in total. The van der Waals surface area contributed by atoms with E-state index >= 15 is 0 Å². The zero-order valence-electron chi connectivity index (χ0n) is 18.2.